The average Bonchev–Trinajstić information content (AvgIpc) is 2.48. The van der Waals surface area contributed by atoms with E-state index in [9.17, 15) is 4.79 Å². The molecule has 0 aromatic heterocycles. The Bertz CT molecular complexity index is 282. The molecule has 0 spiro atoms. The van der Waals surface area contributed by atoms with Crippen LogP contribution < -0.4 is 0 Å². The van der Waals surface area contributed by atoms with Crippen LogP contribution in [0.2, 0.25) is 0 Å². The van der Waals surface area contributed by atoms with Gasteiger partial charge in [-0.2, -0.15) is 0 Å². The molecule has 2 rings (SSSR count). The number of hydrogen-bond donors (Lipinski definition) is 0. The van der Waals surface area contributed by atoms with Gasteiger partial charge in [-0.3, -0.25) is 9.80 Å². The summed E-state index contributed by atoms with van der Waals surface area (Å²) in [6.45, 7) is 11.3. The maximum atomic E-state index is 11.5. The Morgan fingerprint density at radius 1 is 1.32 bits per heavy atom. The summed E-state index contributed by atoms with van der Waals surface area (Å²) in [6, 6.07) is 0.681. The Morgan fingerprint density at radius 3 is 2.58 bits per heavy atom. The smallest absolute Gasteiger partial charge is 0.129 e. The number of carbonyl (C=O) groups excluding carboxylic acids is 1. The summed E-state index contributed by atoms with van der Waals surface area (Å²) in [7, 11) is 0. The van der Waals surface area contributed by atoms with Crippen LogP contribution in [0.3, 0.4) is 0 Å². The van der Waals surface area contributed by atoms with Gasteiger partial charge in [0.1, 0.15) is 6.29 Å². The highest BCUT2D eigenvalue weighted by Crippen LogP contribution is 2.28. The molecule has 0 aromatic rings. The predicted molar refractivity (Wildman–Crippen MR) is 76.3 cm³/mol. The molecule has 0 aliphatic carbocycles. The second-order valence-corrected chi connectivity index (χ2v) is 6.21. The van der Waals surface area contributed by atoms with E-state index in [0.29, 0.717) is 12.6 Å². The number of carbonyl (C=O) groups is 1. The molecule has 2 heterocycles. The Morgan fingerprint density at radius 2 is 2.05 bits per heavy atom. The SMILES string of the molecule is CCC(C)N1CCN(CC2(C=O)CCCOC2)CC1. The molecule has 2 unspecified atom stereocenters. The zero-order chi connectivity index (χ0) is 13.7. The van der Waals surface area contributed by atoms with Crippen LogP contribution in [0.5, 0.6) is 0 Å². The van der Waals surface area contributed by atoms with Gasteiger partial charge in [0.25, 0.3) is 0 Å². The summed E-state index contributed by atoms with van der Waals surface area (Å²) < 4.78 is 5.53. The molecular weight excluding hydrogens is 240 g/mol. The highest BCUT2D eigenvalue weighted by atomic mass is 16.5. The first kappa shape index (κ1) is 14.9. The molecule has 0 radical (unpaired) electrons. The van der Waals surface area contributed by atoms with E-state index >= 15 is 0 Å². The molecule has 110 valence electrons. The Kier molecular flexibility index (Phi) is 5.37. The van der Waals surface area contributed by atoms with Crippen molar-refractivity contribution in [3.05, 3.63) is 0 Å². The van der Waals surface area contributed by atoms with Crippen molar-refractivity contribution in [2.45, 2.75) is 39.2 Å². The van der Waals surface area contributed by atoms with E-state index in [-0.39, 0.29) is 5.41 Å². The van der Waals surface area contributed by atoms with Crippen LogP contribution >= 0.6 is 0 Å². The van der Waals surface area contributed by atoms with E-state index in [4.69, 9.17) is 4.74 Å². The molecule has 0 amide bonds. The minimum atomic E-state index is -0.239. The minimum Gasteiger partial charge on any atom is -0.380 e. The van der Waals surface area contributed by atoms with Gasteiger partial charge in [-0.05, 0) is 26.2 Å². The fourth-order valence-corrected chi connectivity index (χ4v) is 3.19. The van der Waals surface area contributed by atoms with Gasteiger partial charge in [0, 0.05) is 45.4 Å². The van der Waals surface area contributed by atoms with Gasteiger partial charge < -0.3 is 9.53 Å². The first-order chi connectivity index (χ1) is 9.19. The Hall–Kier alpha value is -0.450. The molecule has 0 N–H and O–H groups in total. The largest absolute Gasteiger partial charge is 0.380 e. The van der Waals surface area contributed by atoms with Crippen molar-refractivity contribution >= 4 is 6.29 Å². The van der Waals surface area contributed by atoms with Gasteiger partial charge in [0.15, 0.2) is 0 Å². The molecule has 0 saturated carbocycles. The molecule has 2 saturated heterocycles. The van der Waals surface area contributed by atoms with Crippen molar-refractivity contribution < 1.29 is 9.53 Å². The van der Waals surface area contributed by atoms with Crippen molar-refractivity contribution in [1.82, 2.24) is 9.80 Å². The van der Waals surface area contributed by atoms with E-state index < -0.39 is 0 Å². The van der Waals surface area contributed by atoms with E-state index in [1.165, 1.54) is 6.42 Å². The molecule has 0 bridgehead atoms. The van der Waals surface area contributed by atoms with Gasteiger partial charge in [0.2, 0.25) is 0 Å². The molecule has 4 nitrogen and oxygen atoms in total. The van der Waals surface area contributed by atoms with Crippen LogP contribution in [-0.2, 0) is 9.53 Å². The predicted octanol–water partition coefficient (Wildman–Crippen LogP) is 1.40. The standard InChI is InChI=1S/C15H28N2O2/c1-3-14(2)17-8-6-16(7-9-17)11-15(12-18)5-4-10-19-13-15/h12,14H,3-11,13H2,1-2H3. The summed E-state index contributed by atoms with van der Waals surface area (Å²) in [6.07, 6.45) is 4.37. The quantitative estimate of drug-likeness (QED) is 0.706. The lowest BCUT2D eigenvalue weighted by Gasteiger charge is -2.42. The third-order valence-electron chi connectivity index (χ3n) is 4.76. The van der Waals surface area contributed by atoms with Crippen LogP contribution in [-0.4, -0.2) is 68.1 Å². The maximum absolute atomic E-state index is 11.5. The molecule has 2 fully saturated rings. The number of piperazine rings is 1. The second-order valence-electron chi connectivity index (χ2n) is 6.21. The summed E-state index contributed by atoms with van der Waals surface area (Å²) in [5.74, 6) is 0. The lowest BCUT2D eigenvalue weighted by molar-refractivity contribution is -0.126. The lowest BCUT2D eigenvalue weighted by atomic mass is 9.83. The summed E-state index contributed by atoms with van der Waals surface area (Å²) in [4.78, 5) is 16.5. The van der Waals surface area contributed by atoms with Crippen molar-refractivity contribution in [1.29, 1.82) is 0 Å². The molecule has 2 atom stereocenters. The highest BCUT2D eigenvalue weighted by Gasteiger charge is 2.35. The van der Waals surface area contributed by atoms with Gasteiger partial charge in [-0.15, -0.1) is 0 Å². The topological polar surface area (TPSA) is 32.8 Å². The van der Waals surface area contributed by atoms with E-state index in [2.05, 4.69) is 23.6 Å². The van der Waals surface area contributed by atoms with Crippen LogP contribution in [0.4, 0.5) is 0 Å². The number of nitrogens with zero attached hydrogens (tertiary/aromatic N) is 2. The third-order valence-corrected chi connectivity index (χ3v) is 4.76. The first-order valence-corrected chi connectivity index (χ1v) is 7.69. The molecule has 0 aromatic carbocycles. The van der Waals surface area contributed by atoms with Gasteiger partial charge in [-0.1, -0.05) is 6.92 Å². The van der Waals surface area contributed by atoms with Crippen LogP contribution in [0.25, 0.3) is 0 Å². The van der Waals surface area contributed by atoms with Crippen molar-refractivity contribution in [2.24, 2.45) is 5.41 Å². The third kappa shape index (κ3) is 3.77. The Labute approximate surface area is 117 Å². The van der Waals surface area contributed by atoms with Crippen LogP contribution in [0.1, 0.15) is 33.1 Å². The van der Waals surface area contributed by atoms with E-state index in [1.54, 1.807) is 0 Å². The summed E-state index contributed by atoms with van der Waals surface area (Å²) >= 11 is 0. The summed E-state index contributed by atoms with van der Waals surface area (Å²) in [5.41, 5.74) is -0.239. The summed E-state index contributed by atoms with van der Waals surface area (Å²) in [5, 5.41) is 0. The molecule has 2 aliphatic heterocycles. The number of ether oxygens (including phenoxy) is 1. The van der Waals surface area contributed by atoms with Crippen LogP contribution in [0, 0.1) is 5.41 Å². The zero-order valence-electron chi connectivity index (χ0n) is 12.4. The van der Waals surface area contributed by atoms with Crippen molar-refractivity contribution in [2.75, 3.05) is 45.9 Å². The van der Waals surface area contributed by atoms with E-state index in [0.717, 1.165) is 58.5 Å². The minimum absolute atomic E-state index is 0.239. The van der Waals surface area contributed by atoms with Crippen molar-refractivity contribution in [3.63, 3.8) is 0 Å². The number of hydrogen-bond acceptors (Lipinski definition) is 4. The fourth-order valence-electron chi connectivity index (χ4n) is 3.19. The number of rotatable bonds is 5. The maximum Gasteiger partial charge on any atom is 0.129 e. The fraction of sp³-hybridized carbons (Fsp3) is 0.933. The normalized spacial score (nSPS) is 32.1. The highest BCUT2D eigenvalue weighted by molar-refractivity contribution is 5.60. The van der Waals surface area contributed by atoms with Gasteiger partial charge in [-0.25, -0.2) is 0 Å². The molecular formula is C15H28N2O2. The lowest BCUT2D eigenvalue weighted by Crippen LogP contribution is -2.53. The first-order valence-electron chi connectivity index (χ1n) is 7.69. The molecule has 2 aliphatic rings. The zero-order valence-corrected chi connectivity index (χ0v) is 12.4. The van der Waals surface area contributed by atoms with Gasteiger partial charge in [0.05, 0.1) is 12.0 Å². The van der Waals surface area contributed by atoms with Crippen LogP contribution in [0.15, 0.2) is 0 Å². The van der Waals surface area contributed by atoms with Crippen molar-refractivity contribution in [3.8, 4) is 0 Å². The molecule has 4 heteroatoms. The number of aldehydes is 1. The monoisotopic (exact) mass is 268 g/mol. The average molecular weight is 268 g/mol. The Balaban J connectivity index is 1.82. The second kappa shape index (κ2) is 6.82. The van der Waals surface area contributed by atoms with E-state index in [1.807, 2.05) is 0 Å². The van der Waals surface area contributed by atoms with Gasteiger partial charge >= 0.3 is 0 Å². The molecule has 19 heavy (non-hydrogen) atoms.